The Morgan fingerprint density at radius 2 is 1.94 bits per heavy atom. The Labute approximate surface area is 106 Å². The number of hydrogen-bond acceptors (Lipinski definition) is 3. The second-order valence-corrected chi connectivity index (χ2v) is 6.37. The van der Waals surface area contributed by atoms with E-state index in [1.165, 1.54) is 22.9 Å². The molecule has 17 heavy (non-hydrogen) atoms. The van der Waals surface area contributed by atoms with Crippen LogP contribution in [0.3, 0.4) is 0 Å². The van der Waals surface area contributed by atoms with E-state index < -0.39 is 0 Å². The first-order valence-corrected chi connectivity index (χ1v) is 6.36. The van der Waals surface area contributed by atoms with Crippen molar-refractivity contribution in [1.29, 1.82) is 0 Å². The maximum absolute atomic E-state index is 11.3. The Hall–Kier alpha value is -1.29. The average Bonchev–Trinajstić information content (AvgIpc) is 2.21. The first-order valence-electron chi connectivity index (χ1n) is 5.55. The van der Waals surface area contributed by atoms with Crippen LogP contribution in [0.15, 0.2) is 23.3 Å². The van der Waals surface area contributed by atoms with Gasteiger partial charge >= 0.3 is 0 Å². The first-order chi connectivity index (χ1) is 7.90. The predicted octanol–water partition coefficient (Wildman–Crippen LogP) is 3.24. The van der Waals surface area contributed by atoms with Crippen LogP contribution in [0.1, 0.15) is 30.5 Å². The number of hydrazone groups is 1. The van der Waals surface area contributed by atoms with Crippen molar-refractivity contribution < 1.29 is 4.79 Å². The largest absolute Gasteiger partial charge is 0.300 e. The lowest BCUT2D eigenvalue weighted by molar-refractivity contribution is 0.260. The van der Waals surface area contributed by atoms with Crippen LogP contribution in [0, 0.1) is 13.8 Å². The van der Waals surface area contributed by atoms with Crippen molar-refractivity contribution in [2.24, 2.45) is 5.10 Å². The molecule has 0 aliphatic carbocycles. The lowest BCUT2D eigenvalue weighted by atomic mass is 9.96. The van der Waals surface area contributed by atoms with Crippen molar-refractivity contribution >= 4 is 22.7 Å². The summed E-state index contributed by atoms with van der Waals surface area (Å²) in [6.07, 6.45) is 0. The van der Waals surface area contributed by atoms with Gasteiger partial charge in [-0.3, -0.25) is 4.79 Å². The molecule has 0 atom stereocenters. The minimum atomic E-state index is -0.288. The molecule has 0 saturated heterocycles. The van der Waals surface area contributed by atoms with Crippen LogP contribution in [0.25, 0.3) is 0 Å². The number of rotatable bonds is 1. The fourth-order valence-corrected chi connectivity index (χ4v) is 2.65. The molecule has 2 rings (SSSR count). The van der Waals surface area contributed by atoms with Crippen molar-refractivity contribution in [3.8, 4) is 0 Å². The molecule has 0 radical (unpaired) electrons. The Morgan fingerprint density at radius 3 is 2.53 bits per heavy atom. The van der Waals surface area contributed by atoms with Gasteiger partial charge in [0.15, 0.2) is 0 Å². The summed E-state index contributed by atoms with van der Waals surface area (Å²) < 4.78 is -0.288. The van der Waals surface area contributed by atoms with Crippen LogP contribution >= 0.6 is 11.8 Å². The maximum atomic E-state index is 11.3. The lowest BCUT2D eigenvalue weighted by Crippen LogP contribution is -2.38. The fourth-order valence-electron chi connectivity index (χ4n) is 1.84. The highest BCUT2D eigenvalue weighted by atomic mass is 32.2. The van der Waals surface area contributed by atoms with Gasteiger partial charge in [-0.05, 0) is 50.5 Å². The van der Waals surface area contributed by atoms with E-state index in [-0.39, 0.29) is 9.99 Å². The summed E-state index contributed by atoms with van der Waals surface area (Å²) in [5, 5.41) is 4.11. The van der Waals surface area contributed by atoms with Crippen molar-refractivity contribution in [3.63, 3.8) is 0 Å². The highest BCUT2D eigenvalue weighted by molar-refractivity contribution is 8.15. The van der Waals surface area contributed by atoms with Crippen molar-refractivity contribution in [1.82, 2.24) is 5.43 Å². The topological polar surface area (TPSA) is 41.5 Å². The van der Waals surface area contributed by atoms with E-state index in [0.29, 0.717) is 0 Å². The monoisotopic (exact) mass is 248 g/mol. The summed E-state index contributed by atoms with van der Waals surface area (Å²) in [6.45, 7) is 8.21. The molecule has 1 aliphatic rings. The molecule has 0 aromatic heterocycles. The van der Waals surface area contributed by atoms with Crippen LogP contribution in [-0.4, -0.2) is 15.7 Å². The first kappa shape index (κ1) is 12.2. The number of thioether (sulfide) groups is 1. The second-order valence-electron chi connectivity index (χ2n) is 4.77. The van der Waals surface area contributed by atoms with Gasteiger partial charge in [-0.15, -0.1) is 0 Å². The summed E-state index contributed by atoms with van der Waals surface area (Å²) in [5.74, 6) is 0. The highest BCUT2D eigenvalue weighted by Crippen LogP contribution is 2.32. The second kappa shape index (κ2) is 4.18. The molecule has 90 valence electrons. The maximum Gasteiger partial charge on any atom is 0.300 e. The van der Waals surface area contributed by atoms with Gasteiger partial charge < -0.3 is 0 Å². The van der Waals surface area contributed by atoms with Crippen LogP contribution in [-0.2, 0) is 0 Å². The van der Waals surface area contributed by atoms with Gasteiger partial charge in [0.25, 0.3) is 5.24 Å². The quantitative estimate of drug-likeness (QED) is 0.829. The standard InChI is InChI=1S/C13H16N2OS/c1-8-5-6-10(7-9(8)2)11-13(3,4)17-12(16)15-14-11/h5-7H,1-4H3,(H,15,16). The number of nitrogens with zero attached hydrogens (tertiary/aromatic N) is 1. The molecule has 0 saturated carbocycles. The van der Waals surface area contributed by atoms with Gasteiger partial charge in [-0.25, -0.2) is 5.43 Å². The molecule has 1 N–H and O–H groups in total. The van der Waals surface area contributed by atoms with Crippen molar-refractivity contribution in [2.75, 3.05) is 0 Å². The van der Waals surface area contributed by atoms with Gasteiger partial charge in [-0.1, -0.05) is 23.9 Å². The molecule has 4 heteroatoms. The zero-order valence-corrected chi connectivity index (χ0v) is 11.3. The smallest absolute Gasteiger partial charge is 0.260 e. The molecule has 0 fully saturated rings. The molecule has 1 amide bonds. The van der Waals surface area contributed by atoms with Crippen LogP contribution in [0.4, 0.5) is 4.79 Å². The number of aryl methyl sites for hydroxylation is 2. The number of hydrogen-bond donors (Lipinski definition) is 1. The number of carbonyl (C=O) groups is 1. The predicted molar refractivity (Wildman–Crippen MR) is 72.7 cm³/mol. The minimum Gasteiger partial charge on any atom is -0.260 e. The molecule has 1 aromatic rings. The van der Waals surface area contributed by atoms with E-state index in [9.17, 15) is 4.79 Å². The van der Waals surface area contributed by atoms with Crippen LogP contribution < -0.4 is 5.43 Å². The molecule has 0 unspecified atom stereocenters. The van der Waals surface area contributed by atoms with Gasteiger partial charge in [-0.2, -0.15) is 5.10 Å². The molecule has 3 nitrogen and oxygen atoms in total. The zero-order valence-electron chi connectivity index (χ0n) is 10.5. The Kier molecular flexibility index (Phi) is 3.00. The van der Waals surface area contributed by atoms with E-state index in [1.54, 1.807) is 0 Å². The third-order valence-corrected chi connectivity index (χ3v) is 3.94. The number of amides is 1. The van der Waals surface area contributed by atoms with E-state index in [1.807, 2.05) is 13.8 Å². The van der Waals surface area contributed by atoms with Gasteiger partial charge in [0.05, 0.1) is 10.5 Å². The normalized spacial score (nSPS) is 18.6. The van der Waals surface area contributed by atoms with Crippen molar-refractivity contribution in [3.05, 3.63) is 34.9 Å². The summed E-state index contributed by atoms with van der Waals surface area (Å²) in [6, 6.07) is 6.26. The number of benzene rings is 1. The number of nitrogens with one attached hydrogen (secondary N) is 1. The van der Waals surface area contributed by atoms with Crippen molar-refractivity contribution in [2.45, 2.75) is 32.4 Å². The molecular formula is C13H16N2OS. The summed E-state index contributed by atoms with van der Waals surface area (Å²) in [5.41, 5.74) is 7.03. The minimum absolute atomic E-state index is 0.0948. The van der Waals surface area contributed by atoms with E-state index in [4.69, 9.17) is 0 Å². The zero-order chi connectivity index (χ0) is 12.6. The summed E-state index contributed by atoms with van der Waals surface area (Å²) >= 11 is 1.28. The van der Waals surface area contributed by atoms with E-state index >= 15 is 0 Å². The number of carbonyl (C=O) groups excluding carboxylic acids is 1. The molecule has 1 aromatic carbocycles. The molecule has 0 bridgehead atoms. The van der Waals surface area contributed by atoms with E-state index in [0.717, 1.165) is 11.3 Å². The lowest BCUT2D eigenvalue weighted by Gasteiger charge is -2.28. The molecular weight excluding hydrogens is 232 g/mol. The van der Waals surface area contributed by atoms with E-state index in [2.05, 4.69) is 42.6 Å². The molecule has 1 aliphatic heterocycles. The Bertz CT molecular complexity index is 506. The van der Waals surface area contributed by atoms with Gasteiger partial charge in [0, 0.05) is 0 Å². The van der Waals surface area contributed by atoms with Crippen LogP contribution in [0.5, 0.6) is 0 Å². The van der Waals surface area contributed by atoms with Gasteiger partial charge in [0.1, 0.15) is 0 Å². The Morgan fingerprint density at radius 1 is 1.24 bits per heavy atom. The third-order valence-electron chi connectivity index (χ3n) is 2.96. The summed E-state index contributed by atoms with van der Waals surface area (Å²) in [4.78, 5) is 11.3. The Balaban J connectivity index is 2.45. The van der Waals surface area contributed by atoms with Crippen LogP contribution in [0.2, 0.25) is 0 Å². The molecule has 0 spiro atoms. The highest BCUT2D eigenvalue weighted by Gasteiger charge is 2.33. The summed E-state index contributed by atoms with van der Waals surface area (Å²) in [7, 11) is 0. The van der Waals surface area contributed by atoms with Gasteiger partial charge in [0.2, 0.25) is 0 Å². The third kappa shape index (κ3) is 2.36. The fraction of sp³-hybridized carbons (Fsp3) is 0.385. The molecule has 1 heterocycles. The SMILES string of the molecule is Cc1ccc(C2=NNC(=O)SC2(C)C)cc1C. The average molecular weight is 248 g/mol.